The largest absolute Gasteiger partial charge is 0.477 e. The first kappa shape index (κ1) is 13.1. The Bertz CT molecular complexity index is 661. The Kier molecular flexibility index (Phi) is 3.26. The van der Waals surface area contributed by atoms with E-state index in [1.165, 1.54) is 10.8 Å². The molecular formula is C10H9ClN4O4. The smallest absolute Gasteiger partial charge is 0.352 e. The van der Waals surface area contributed by atoms with E-state index in [1.54, 1.807) is 11.6 Å². The third-order valence-electron chi connectivity index (χ3n) is 2.65. The Morgan fingerprint density at radius 1 is 1.63 bits per heavy atom. The Morgan fingerprint density at radius 3 is 2.79 bits per heavy atom. The van der Waals surface area contributed by atoms with Crippen LogP contribution in [0.2, 0.25) is 5.15 Å². The van der Waals surface area contributed by atoms with E-state index in [1.807, 2.05) is 0 Å². The number of aromatic nitrogens is 3. The second-order valence-electron chi connectivity index (χ2n) is 3.83. The first-order chi connectivity index (χ1) is 8.90. The van der Waals surface area contributed by atoms with Crippen molar-refractivity contribution in [1.29, 1.82) is 0 Å². The van der Waals surface area contributed by atoms with Crippen molar-refractivity contribution in [3.05, 3.63) is 45.2 Å². The number of rotatable bonds is 4. The number of carboxylic acids is 1. The van der Waals surface area contributed by atoms with Crippen LogP contribution in [-0.2, 0) is 13.6 Å². The van der Waals surface area contributed by atoms with Crippen LogP contribution in [0.4, 0.5) is 5.69 Å². The van der Waals surface area contributed by atoms with Crippen molar-refractivity contribution in [1.82, 2.24) is 14.1 Å². The molecule has 0 unspecified atom stereocenters. The molecular weight excluding hydrogens is 276 g/mol. The molecule has 0 saturated carbocycles. The molecule has 0 radical (unpaired) electrons. The maximum absolute atomic E-state index is 11.0. The van der Waals surface area contributed by atoms with E-state index in [-0.39, 0.29) is 17.9 Å². The number of nitro groups is 1. The second-order valence-corrected chi connectivity index (χ2v) is 4.22. The molecule has 0 bridgehead atoms. The number of hydrogen-bond acceptors (Lipinski definition) is 4. The minimum Gasteiger partial charge on any atom is -0.477 e. The van der Waals surface area contributed by atoms with Gasteiger partial charge in [0, 0.05) is 13.1 Å². The molecule has 2 rings (SSSR count). The number of aromatic carboxylic acids is 1. The highest BCUT2D eigenvalue weighted by Crippen LogP contribution is 2.18. The lowest BCUT2D eigenvalue weighted by Gasteiger charge is -2.05. The molecule has 0 amide bonds. The summed E-state index contributed by atoms with van der Waals surface area (Å²) in [6.07, 6.45) is 2.58. The number of hydrogen-bond donors (Lipinski definition) is 1. The van der Waals surface area contributed by atoms with E-state index in [2.05, 4.69) is 4.98 Å². The van der Waals surface area contributed by atoms with Crippen molar-refractivity contribution in [2.24, 2.45) is 7.05 Å². The van der Waals surface area contributed by atoms with Crippen molar-refractivity contribution in [3.8, 4) is 0 Å². The van der Waals surface area contributed by atoms with Gasteiger partial charge < -0.3 is 14.2 Å². The molecule has 0 saturated heterocycles. The van der Waals surface area contributed by atoms with E-state index in [4.69, 9.17) is 16.7 Å². The van der Waals surface area contributed by atoms with E-state index in [9.17, 15) is 14.9 Å². The van der Waals surface area contributed by atoms with E-state index in [0.29, 0.717) is 11.0 Å². The van der Waals surface area contributed by atoms with Gasteiger partial charge in [0.2, 0.25) is 0 Å². The average molecular weight is 285 g/mol. The Balaban J connectivity index is 2.41. The number of carbonyl (C=O) groups is 1. The zero-order chi connectivity index (χ0) is 14.2. The maximum atomic E-state index is 11.0. The first-order valence-corrected chi connectivity index (χ1v) is 5.52. The van der Waals surface area contributed by atoms with Crippen LogP contribution in [-0.4, -0.2) is 30.1 Å². The Morgan fingerprint density at radius 2 is 2.32 bits per heavy atom. The van der Waals surface area contributed by atoms with Gasteiger partial charge in [-0.2, -0.15) is 0 Å². The van der Waals surface area contributed by atoms with E-state index < -0.39 is 10.9 Å². The summed E-state index contributed by atoms with van der Waals surface area (Å²) in [7, 11) is 1.67. The van der Waals surface area contributed by atoms with Crippen LogP contribution < -0.4 is 0 Å². The van der Waals surface area contributed by atoms with Crippen molar-refractivity contribution in [3.63, 3.8) is 0 Å². The fraction of sp³-hybridized carbons (Fsp3) is 0.200. The molecule has 2 aromatic rings. The molecule has 0 fully saturated rings. The fourth-order valence-corrected chi connectivity index (χ4v) is 1.77. The summed E-state index contributed by atoms with van der Waals surface area (Å²) in [6.45, 7) is 0.0820. The van der Waals surface area contributed by atoms with Gasteiger partial charge in [0.05, 0.1) is 23.9 Å². The van der Waals surface area contributed by atoms with Gasteiger partial charge >= 0.3 is 5.97 Å². The van der Waals surface area contributed by atoms with Gasteiger partial charge in [-0.15, -0.1) is 0 Å². The van der Waals surface area contributed by atoms with Crippen molar-refractivity contribution in [2.75, 3.05) is 0 Å². The minimum absolute atomic E-state index is 0.0820. The number of carboxylic acid groups (broad SMARTS) is 1. The predicted molar refractivity (Wildman–Crippen MR) is 65.4 cm³/mol. The van der Waals surface area contributed by atoms with Gasteiger partial charge in [-0.05, 0) is 0 Å². The molecule has 0 spiro atoms. The number of nitrogens with zero attached hydrogens (tertiary/aromatic N) is 4. The molecule has 100 valence electrons. The van der Waals surface area contributed by atoms with Gasteiger partial charge in [0.25, 0.3) is 5.69 Å². The number of imidazole rings is 1. The highest BCUT2D eigenvalue weighted by Gasteiger charge is 2.19. The third-order valence-corrected chi connectivity index (χ3v) is 3.00. The summed E-state index contributed by atoms with van der Waals surface area (Å²) in [5.41, 5.74) is -0.455. The molecule has 2 aromatic heterocycles. The van der Waals surface area contributed by atoms with Gasteiger partial charge in [-0.3, -0.25) is 10.1 Å². The zero-order valence-corrected chi connectivity index (χ0v) is 10.5. The molecule has 1 N–H and O–H groups in total. The normalized spacial score (nSPS) is 10.6. The molecule has 2 heterocycles. The lowest BCUT2D eigenvalue weighted by atomic mass is 10.4. The summed E-state index contributed by atoms with van der Waals surface area (Å²) in [5, 5.41) is 20.1. The van der Waals surface area contributed by atoms with Crippen LogP contribution in [0.25, 0.3) is 0 Å². The van der Waals surface area contributed by atoms with Crippen LogP contribution in [0.5, 0.6) is 0 Å². The highest BCUT2D eigenvalue weighted by atomic mass is 35.5. The van der Waals surface area contributed by atoms with Crippen LogP contribution >= 0.6 is 11.6 Å². The van der Waals surface area contributed by atoms with Gasteiger partial charge in [-0.1, -0.05) is 11.6 Å². The lowest BCUT2D eigenvalue weighted by Crippen LogP contribution is -2.11. The second kappa shape index (κ2) is 4.73. The molecule has 8 nitrogen and oxygen atoms in total. The summed E-state index contributed by atoms with van der Waals surface area (Å²) in [4.78, 5) is 25.1. The quantitative estimate of drug-likeness (QED) is 0.677. The minimum atomic E-state index is -1.24. The van der Waals surface area contributed by atoms with Gasteiger partial charge in [0.15, 0.2) is 0 Å². The van der Waals surface area contributed by atoms with Crippen LogP contribution in [0.1, 0.15) is 16.3 Å². The molecule has 0 aliphatic rings. The van der Waals surface area contributed by atoms with Gasteiger partial charge in [-0.25, -0.2) is 9.78 Å². The third kappa shape index (κ3) is 2.43. The molecule has 9 heteroatoms. The lowest BCUT2D eigenvalue weighted by molar-refractivity contribution is -0.384. The number of halogens is 1. The van der Waals surface area contributed by atoms with Crippen LogP contribution in [0.3, 0.4) is 0 Å². The standard InChI is InChI=1S/C10H9ClN4O4/c1-13-8(11)3-12-9(13)5-14-4-6(15(18)19)2-7(14)10(16)17/h2-4H,5H2,1H3,(H,16,17). The Labute approximate surface area is 112 Å². The van der Waals surface area contributed by atoms with Crippen LogP contribution in [0, 0.1) is 10.1 Å². The maximum Gasteiger partial charge on any atom is 0.352 e. The average Bonchev–Trinajstić information content (AvgIpc) is 2.88. The zero-order valence-electron chi connectivity index (χ0n) is 9.78. The summed E-state index contributed by atoms with van der Waals surface area (Å²) >= 11 is 5.82. The summed E-state index contributed by atoms with van der Waals surface area (Å²) in [5.74, 6) is -0.744. The molecule has 0 aliphatic carbocycles. The van der Waals surface area contributed by atoms with Crippen molar-refractivity contribution in [2.45, 2.75) is 6.54 Å². The van der Waals surface area contributed by atoms with E-state index in [0.717, 1.165) is 12.3 Å². The fourth-order valence-electron chi connectivity index (χ4n) is 1.63. The van der Waals surface area contributed by atoms with Gasteiger partial charge in [0.1, 0.15) is 16.7 Å². The monoisotopic (exact) mass is 284 g/mol. The topological polar surface area (TPSA) is 103 Å². The summed E-state index contributed by atoms with van der Waals surface area (Å²) < 4.78 is 2.82. The van der Waals surface area contributed by atoms with E-state index >= 15 is 0 Å². The molecule has 0 aliphatic heterocycles. The Hall–Kier alpha value is -2.35. The van der Waals surface area contributed by atoms with Crippen molar-refractivity contribution >= 4 is 23.3 Å². The SMILES string of the molecule is Cn1c(Cl)cnc1Cn1cc([N+](=O)[O-])cc1C(=O)O. The molecule has 0 atom stereocenters. The molecule has 19 heavy (non-hydrogen) atoms. The molecule has 0 aromatic carbocycles. The highest BCUT2D eigenvalue weighted by molar-refractivity contribution is 6.29. The van der Waals surface area contributed by atoms with Crippen molar-refractivity contribution < 1.29 is 14.8 Å². The first-order valence-electron chi connectivity index (χ1n) is 5.14. The van der Waals surface area contributed by atoms with Crippen LogP contribution in [0.15, 0.2) is 18.5 Å². The predicted octanol–water partition coefficient (Wildman–Crippen LogP) is 1.53. The summed E-state index contributed by atoms with van der Waals surface area (Å²) in [6, 6.07) is 1.01.